The lowest BCUT2D eigenvalue weighted by Crippen LogP contribution is -2.34. The number of nitrogens with one attached hydrogen (secondary N) is 2. The highest BCUT2D eigenvalue weighted by Gasteiger charge is 2.12. The molecule has 1 aromatic carbocycles. The monoisotopic (exact) mass is 394 g/mol. The van der Waals surface area contributed by atoms with Gasteiger partial charge in [0.05, 0.1) is 18.7 Å². The molecule has 6 nitrogen and oxygen atoms in total. The molecule has 3 aromatic rings. The number of benzene rings is 1. The first kappa shape index (κ1) is 19.7. The number of carbonyl (C=O) groups excluding carboxylic acids is 2. The summed E-state index contributed by atoms with van der Waals surface area (Å²) in [6, 6.07) is 7.81. The Morgan fingerprint density at radius 1 is 1.11 bits per heavy atom. The molecule has 0 aliphatic rings. The molecule has 2 N–H and O–H groups in total. The maximum Gasteiger partial charge on any atom is 0.243 e. The van der Waals surface area contributed by atoms with Crippen LogP contribution in [0.2, 0.25) is 0 Å². The molecule has 0 fully saturated rings. The van der Waals surface area contributed by atoms with E-state index in [1.165, 1.54) is 11.3 Å². The zero-order chi connectivity index (χ0) is 20.1. The van der Waals surface area contributed by atoms with Crippen LogP contribution >= 0.6 is 11.3 Å². The van der Waals surface area contributed by atoms with Crippen molar-refractivity contribution in [3.63, 3.8) is 0 Å². The summed E-state index contributed by atoms with van der Waals surface area (Å²) in [5, 5.41) is 8.19. The number of hydrogen-bond acceptors (Lipinski definition) is 5. The molecule has 2 amide bonds. The zero-order valence-electron chi connectivity index (χ0n) is 16.1. The van der Waals surface area contributed by atoms with E-state index in [0.29, 0.717) is 5.69 Å². The molecular formula is C21H22N4O2S. The lowest BCUT2D eigenvalue weighted by molar-refractivity contribution is -0.123. The van der Waals surface area contributed by atoms with Gasteiger partial charge in [-0.05, 0) is 44.0 Å². The molecule has 0 atom stereocenters. The number of pyridine rings is 1. The molecule has 0 saturated heterocycles. The molecule has 0 saturated carbocycles. The van der Waals surface area contributed by atoms with E-state index in [1.807, 2.05) is 50.4 Å². The first-order valence-electron chi connectivity index (χ1n) is 8.91. The predicted octanol–water partition coefficient (Wildman–Crippen LogP) is 3.43. The number of rotatable bonds is 6. The Labute approximate surface area is 168 Å². The van der Waals surface area contributed by atoms with Crippen LogP contribution in [0.5, 0.6) is 0 Å². The maximum atomic E-state index is 12.2. The molecule has 0 spiro atoms. The van der Waals surface area contributed by atoms with Crippen LogP contribution in [0, 0.1) is 20.8 Å². The van der Waals surface area contributed by atoms with Crippen molar-refractivity contribution < 1.29 is 9.59 Å². The first-order chi connectivity index (χ1) is 13.4. The van der Waals surface area contributed by atoms with Gasteiger partial charge in [-0.1, -0.05) is 17.7 Å². The third-order valence-corrected chi connectivity index (χ3v) is 5.13. The number of amides is 2. The smallest absolute Gasteiger partial charge is 0.243 e. The van der Waals surface area contributed by atoms with Crippen LogP contribution in [-0.2, 0) is 16.0 Å². The number of carbonyl (C=O) groups is 2. The third-order valence-electron chi connectivity index (χ3n) is 4.19. The van der Waals surface area contributed by atoms with Crippen LogP contribution < -0.4 is 10.6 Å². The number of anilines is 1. The van der Waals surface area contributed by atoms with E-state index in [4.69, 9.17) is 0 Å². The second-order valence-corrected chi connectivity index (χ2v) is 7.52. The standard InChI is InChI=1S/C21H22N4O2S/c1-13-7-14(2)20(15(3)8-13)25-19(27)11-23-18(26)9-17-12-28-21(24-17)16-5-4-6-22-10-16/h4-8,10,12H,9,11H2,1-3H3,(H,23,26)(H,25,27). The third kappa shape index (κ3) is 5.01. The Morgan fingerprint density at radius 3 is 2.54 bits per heavy atom. The number of thiazole rings is 1. The molecule has 2 heterocycles. The van der Waals surface area contributed by atoms with Gasteiger partial charge >= 0.3 is 0 Å². The van der Waals surface area contributed by atoms with Gasteiger partial charge in [-0.15, -0.1) is 11.3 Å². The first-order valence-corrected chi connectivity index (χ1v) is 9.79. The average Bonchev–Trinajstić information content (AvgIpc) is 3.12. The molecule has 0 aliphatic carbocycles. The molecule has 0 unspecified atom stereocenters. The molecule has 7 heteroatoms. The van der Waals surface area contributed by atoms with Crippen LogP contribution in [-0.4, -0.2) is 28.3 Å². The summed E-state index contributed by atoms with van der Waals surface area (Å²) >= 11 is 1.46. The number of aromatic nitrogens is 2. The normalized spacial score (nSPS) is 10.5. The Kier molecular flexibility index (Phi) is 6.16. The molecule has 144 valence electrons. The van der Waals surface area contributed by atoms with Crippen molar-refractivity contribution in [2.75, 3.05) is 11.9 Å². The summed E-state index contributed by atoms with van der Waals surface area (Å²) in [4.78, 5) is 32.9. The second-order valence-electron chi connectivity index (χ2n) is 6.66. The fourth-order valence-electron chi connectivity index (χ4n) is 2.98. The summed E-state index contributed by atoms with van der Waals surface area (Å²) in [6.07, 6.45) is 3.57. The summed E-state index contributed by atoms with van der Waals surface area (Å²) < 4.78 is 0. The van der Waals surface area contributed by atoms with E-state index >= 15 is 0 Å². The minimum Gasteiger partial charge on any atom is -0.347 e. The van der Waals surface area contributed by atoms with E-state index in [2.05, 4.69) is 20.6 Å². The van der Waals surface area contributed by atoms with Crippen LogP contribution in [0.4, 0.5) is 5.69 Å². The molecule has 0 radical (unpaired) electrons. The van der Waals surface area contributed by atoms with Gasteiger partial charge in [-0.2, -0.15) is 0 Å². The van der Waals surface area contributed by atoms with Crippen LogP contribution in [0.25, 0.3) is 10.6 Å². The van der Waals surface area contributed by atoms with Gasteiger partial charge < -0.3 is 10.6 Å². The fraction of sp³-hybridized carbons (Fsp3) is 0.238. The highest BCUT2D eigenvalue weighted by molar-refractivity contribution is 7.13. The van der Waals surface area contributed by atoms with Crippen LogP contribution in [0.1, 0.15) is 22.4 Å². The quantitative estimate of drug-likeness (QED) is 0.671. The summed E-state index contributed by atoms with van der Waals surface area (Å²) in [7, 11) is 0. The van der Waals surface area contributed by atoms with Gasteiger partial charge in [0.2, 0.25) is 11.8 Å². The van der Waals surface area contributed by atoms with E-state index in [9.17, 15) is 9.59 Å². The van der Waals surface area contributed by atoms with Crippen molar-refractivity contribution in [2.24, 2.45) is 0 Å². The maximum absolute atomic E-state index is 12.2. The molecule has 28 heavy (non-hydrogen) atoms. The van der Waals surface area contributed by atoms with Crippen molar-refractivity contribution in [3.05, 3.63) is 64.4 Å². The van der Waals surface area contributed by atoms with E-state index in [1.54, 1.807) is 12.4 Å². The summed E-state index contributed by atoms with van der Waals surface area (Å²) in [5.74, 6) is -0.492. The number of aryl methyl sites for hydroxylation is 3. The lowest BCUT2D eigenvalue weighted by atomic mass is 10.1. The number of hydrogen-bond donors (Lipinski definition) is 2. The van der Waals surface area contributed by atoms with Gasteiger partial charge in [0, 0.05) is 29.0 Å². The fourth-order valence-corrected chi connectivity index (χ4v) is 3.79. The molecule has 3 rings (SSSR count). The van der Waals surface area contributed by atoms with Gasteiger partial charge in [0.15, 0.2) is 0 Å². The molecular weight excluding hydrogens is 372 g/mol. The minimum atomic E-state index is -0.252. The van der Waals surface area contributed by atoms with Crippen molar-refractivity contribution in [1.82, 2.24) is 15.3 Å². The highest BCUT2D eigenvalue weighted by atomic mass is 32.1. The summed E-state index contributed by atoms with van der Waals surface area (Å²) in [6.45, 7) is 5.85. The van der Waals surface area contributed by atoms with Gasteiger partial charge in [-0.3, -0.25) is 14.6 Å². The van der Waals surface area contributed by atoms with Crippen molar-refractivity contribution >= 4 is 28.8 Å². The lowest BCUT2D eigenvalue weighted by Gasteiger charge is -2.13. The Balaban J connectivity index is 1.52. The second kappa shape index (κ2) is 8.75. The minimum absolute atomic E-state index is 0.0782. The van der Waals surface area contributed by atoms with Crippen molar-refractivity contribution in [2.45, 2.75) is 27.2 Å². The predicted molar refractivity (Wildman–Crippen MR) is 111 cm³/mol. The summed E-state index contributed by atoms with van der Waals surface area (Å²) in [5.41, 5.74) is 5.54. The van der Waals surface area contributed by atoms with E-state index in [-0.39, 0.29) is 24.8 Å². The average molecular weight is 395 g/mol. The molecule has 0 bridgehead atoms. The van der Waals surface area contributed by atoms with Crippen LogP contribution in [0.15, 0.2) is 42.0 Å². The SMILES string of the molecule is Cc1cc(C)c(NC(=O)CNC(=O)Cc2csc(-c3cccnc3)n2)c(C)c1. The highest BCUT2D eigenvalue weighted by Crippen LogP contribution is 2.23. The van der Waals surface area contributed by atoms with Gasteiger partial charge in [0.1, 0.15) is 5.01 Å². The molecule has 2 aromatic heterocycles. The van der Waals surface area contributed by atoms with E-state index in [0.717, 1.165) is 32.9 Å². The zero-order valence-corrected chi connectivity index (χ0v) is 16.9. The van der Waals surface area contributed by atoms with Gasteiger partial charge in [-0.25, -0.2) is 4.98 Å². The molecule has 0 aliphatic heterocycles. The Hall–Kier alpha value is -3.06. The Bertz CT molecular complexity index is 976. The number of nitrogens with zero attached hydrogens (tertiary/aromatic N) is 2. The van der Waals surface area contributed by atoms with Gasteiger partial charge in [0.25, 0.3) is 0 Å². The van der Waals surface area contributed by atoms with E-state index < -0.39 is 0 Å². The largest absolute Gasteiger partial charge is 0.347 e. The Morgan fingerprint density at radius 2 is 1.86 bits per heavy atom. The van der Waals surface area contributed by atoms with Crippen molar-refractivity contribution in [3.8, 4) is 10.6 Å². The topological polar surface area (TPSA) is 84.0 Å². The van der Waals surface area contributed by atoms with Crippen LogP contribution in [0.3, 0.4) is 0 Å². The van der Waals surface area contributed by atoms with Crippen molar-refractivity contribution in [1.29, 1.82) is 0 Å².